The average molecular weight is 467 g/mol. The molecule has 2 N–H and O–H groups in total. The van der Waals surface area contributed by atoms with Crippen molar-refractivity contribution in [2.75, 3.05) is 5.32 Å². The number of anilines is 1. The number of rotatable bonds is 14. The number of amides is 1. The molecule has 1 amide bonds. The number of halogens is 3. The molecule has 1 rings (SSSR count). The molecule has 1 aromatic carbocycles. The van der Waals surface area contributed by atoms with Crippen molar-refractivity contribution in [3.63, 3.8) is 0 Å². The fraction of sp³-hybridized carbons (Fsp3) is 0.650. The van der Waals surface area contributed by atoms with Crippen LogP contribution in [-0.4, -0.2) is 20.8 Å². The molecule has 1 atom stereocenters. The van der Waals surface area contributed by atoms with E-state index in [4.69, 9.17) is 34.8 Å². The van der Waals surface area contributed by atoms with E-state index in [0.29, 0.717) is 12.1 Å². The van der Waals surface area contributed by atoms with Gasteiger partial charge in [-0.05, 0) is 18.6 Å². The fourth-order valence-electron chi connectivity index (χ4n) is 2.88. The Labute approximate surface area is 187 Å². The molecule has 0 heterocycles. The van der Waals surface area contributed by atoms with Crippen LogP contribution in [0.15, 0.2) is 24.3 Å². The molecular formula is C20H30Cl3N3O3. The van der Waals surface area contributed by atoms with Crippen molar-refractivity contribution >= 4 is 52.1 Å². The zero-order chi connectivity index (χ0) is 21.7. The highest BCUT2D eigenvalue weighted by molar-refractivity contribution is 6.68. The lowest BCUT2D eigenvalue weighted by atomic mass is 10.1. The number of nitrogens with zero attached hydrogens (tertiary/aromatic N) is 1. The number of non-ortho nitro benzene ring substituents is 1. The molecule has 0 spiro atoms. The zero-order valence-corrected chi connectivity index (χ0v) is 19.0. The average Bonchev–Trinajstić information content (AvgIpc) is 2.66. The molecule has 0 fully saturated rings. The fourth-order valence-corrected chi connectivity index (χ4v) is 3.20. The summed E-state index contributed by atoms with van der Waals surface area (Å²) in [4.78, 5) is 22.5. The number of carbonyl (C=O) groups is 1. The third-order valence-corrected chi connectivity index (χ3v) is 5.18. The summed E-state index contributed by atoms with van der Waals surface area (Å²) < 4.78 is -1.78. The summed E-state index contributed by atoms with van der Waals surface area (Å²) in [5.74, 6) is -0.210. The quantitative estimate of drug-likeness (QED) is 0.104. The maximum Gasteiger partial charge on any atom is 0.269 e. The van der Waals surface area contributed by atoms with Gasteiger partial charge in [0.05, 0.1) is 4.92 Å². The summed E-state index contributed by atoms with van der Waals surface area (Å²) in [5, 5.41) is 16.3. The lowest BCUT2D eigenvalue weighted by Gasteiger charge is -2.27. The normalized spacial score (nSPS) is 12.4. The van der Waals surface area contributed by atoms with Crippen LogP contribution in [0.1, 0.15) is 71.1 Å². The Morgan fingerprint density at radius 3 is 2.00 bits per heavy atom. The van der Waals surface area contributed by atoms with Gasteiger partial charge in [-0.15, -0.1) is 0 Å². The highest BCUT2D eigenvalue weighted by Gasteiger charge is 2.34. The van der Waals surface area contributed by atoms with Gasteiger partial charge in [-0.25, -0.2) is 0 Å². The molecule has 0 aromatic heterocycles. The smallest absolute Gasteiger partial charge is 0.269 e. The van der Waals surface area contributed by atoms with E-state index in [9.17, 15) is 14.9 Å². The number of nitrogens with one attached hydrogen (secondary N) is 2. The standard InChI is InChI=1S/C20H30Cl3N3O3/c1-2-3-4-5-6-7-8-9-10-11-18(27)25-19(20(21,22)23)24-16-12-14-17(15-13-16)26(28)29/h12-15,19,24H,2-11H2,1H3,(H,25,27)/t19-/m1/s1. The first-order valence-electron chi connectivity index (χ1n) is 10.1. The molecule has 0 radical (unpaired) electrons. The molecule has 0 saturated heterocycles. The summed E-state index contributed by atoms with van der Waals surface area (Å²) in [6.07, 6.45) is 9.89. The summed E-state index contributed by atoms with van der Waals surface area (Å²) in [7, 11) is 0. The van der Waals surface area contributed by atoms with Gasteiger partial charge in [0, 0.05) is 24.2 Å². The maximum absolute atomic E-state index is 12.2. The Bertz CT molecular complexity index is 622. The third kappa shape index (κ3) is 11.5. The van der Waals surface area contributed by atoms with Gasteiger partial charge in [0.25, 0.3) is 5.69 Å². The second kappa shape index (κ2) is 13.9. The van der Waals surface area contributed by atoms with Gasteiger partial charge in [-0.2, -0.15) is 0 Å². The third-order valence-electron chi connectivity index (χ3n) is 4.53. The van der Waals surface area contributed by atoms with Crippen molar-refractivity contribution in [3.8, 4) is 0 Å². The van der Waals surface area contributed by atoms with E-state index < -0.39 is 14.9 Å². The SMILES string of the molecule is CCCCCCCCCCCC(=O)N[C@@H](Nc1ccc([N+](=O)[O-])cc1)C(Cl)(Cl)Cl. The molecule has 164 valence electrons. The lowest BCUT2D eigenvalue weighted by molar-refractivity contribution is -0.384. The van der Waals surface area contributed by atoms with Crippen LogP contribution in [0.4, 0.5) is 11.4 Å². The Kier molecular flexibility index (Phi) is 12.4. The molecule has 0 unspecified atom stereocenters. The zero-order valence-electron chi connectivity index (χ0n) is 16.8. The van der Waals surface area contributed by atoms with Crippen LogP contribution in [0.25, 0.3) is 0 Å². The topological polar surface area (TPSA) is 84.3 Å². The van der Waals surface area contributed by atoms with E-state index >= 15 is 0 Å². The maximum atomic E-state index is 12.2. The molecule has 0 saturated carbocycles. The van der Waals surface area contributed by atoms with Crippen LogP contribution >= 0.6 is 34.8 Å². The first-order valence-corrected chi connectivity index (χ1v) is 11.2. The van der Waals surface area contributed by atoms with Crippen LogP contribution in [0.5, 0.6) is 0 Å². The number of carbonyl (C=O) groups excluding carboxylic acids is 1. The van der Waals surface area contributed by atoms with E-state index in [0.717, 1.165) is 19.3 Å². The highest BCUT2D eigenvalue weighted by atomic mass is 35.6. The predicted octanol–water partition coefficient (Wildman–Crippen LogP) is 6.74. The van der Waals surface area contributed by atoms with Gasteiger partial charge in [0.1, 0.15) is 6.17 Å². The molecule has 0 bridgehead atoms. The van der Waals surface area contributed by atoms with Crippen molar-refractivity contribution in [1.29, 1.82) is 0 Å². The molecule has 6 nitrogen and oxygen atoms in total. The molecule has 0 aliphatic rings. The van der Waals surface area contributed by atoms with Crippen molar-refractivity contribution in [2.24, 2.45) is 0 Å². The minimum atomic E-state index is -1.78. The molecular weight excluding hydrogens is 437 g/mol. The summed E-state index contributed by atoms with van der Waals surface area (Å²) in [6, 6.07) is 5.66. The van der Waals surface area contributed by atoms with E-state index in [1.54, 1.807) is 0 Å². The van der Waals surface area contributed by atoms with Gasteiger partial charge in [0.15, 0.2) is 0 Å². The first-order chi connectivity index (χ1) is 13.7. The van der Waals surface area contributed by atoms with Crippen LogP contribution in [0.2, 0.25) is 0 Å². The van der Waals surface area contributed by atoms with Gasteiger partial charge in [-0.3, -0.25) is 14.9 Å². The number of nitro benzene ring substituents is 1. The van der Waals surface area contributed by atoms with Crippen LogP contribution in [0.3, 0.4) is 0 Å². The monoisotopic (exact) mass is 465 g/mol. The van der Waals surface area contributed by atoms with Crippen molar-refractivity contribution < 1.29 is 9.72 Å². The largest absolute Gasteiger partial charge is 0.362 e. The van der Waals surface area contributed by atoms with Gasteiger partial charge < -0.3 is 10.6 Å². The number of unbranched alkanes of at least 4 members (excludes halogenated alkanes) is 8. The predicted molar refractivity (Wildman–Crippen MR) is 121 cm³/mol. The lowest BCUT2D eigenvalue weighted by Crippen LogP contribution is -2.49. The van der Waals surface area contributed by atoms with Crippen molar-refractivity contribution in [2.45, 2.75) is 81.1 Å². The molecule has 1 aromatic rings. The Morgan fingerprint density at radius 1 is 1.00 bits per heavy atom. The minimum absolute atomic E-state index is 0.0459. The number of alkyl halides is 3. The molecule has 0 aliphatic heterocycles. The highest BCUT2D eigenvalue weighted by Crippen LogP contribution is 2.31. The van der Waals surface area contributed by atoms with E-state index in [1.807, 2.05) is 0 Å². The summed E-state index contributed by atoms with van der Waals surface area (Å²) in [6.45, 7) is 2.21. The van der Waals surface area contributed by atoms with E-state index in [1.165, 1.54) is 62.8 Å². The van der Waals surface area contributed by atoms with Crippen molar-refractivity contribution in [1.82, 2.24) is 5.32 Å². The number of hydrogen-bond acceptors (Lipinski definition) is 4. The summed E-state index contributed by atoms with van der Waals surface area (Å²) >= 11 is 17.9. The second-order valence-electron chi connectivity index (χ2n) is 7.07. The minimum Gasteiger partial charge on any atom is -0.362 e. The number of nitro groups is 1. The van der Waals surface area contributed by atoms with Gasteiger partial charge >= 0.3 is 0 Å². The van der Waals surface area contributed by atoms with Crippen LogP contribution < -0.4 is 10.6 Å². The number of benzene rings is 1. The Morgan fingerprint density at radius 2 is 1.52 bits per heavy atom. The second-order valence-corrected chi connectivity index (χ2v) is 9.44. The van der Waals surface area contributed by atoms with Crippen LogP contribution in [0, 0.1) is 10.1 Å². The number of hydrogen-bond donors (Lipinski definition) is 2. The van der Waals surface area contributed by atoms with Crippen LogP contribution in [-0.2, 0) is 4.79 Å². The van der Waals surface area contributed by atoms with Gasteiger partial charge in [-0.1, -0.05) is 93.1 Å². The molecule has 29 heavy (non-hydrogen) atoms. The first kappa shape index (κ1) is 25.8. The Hall–Kier alpha value is -1.24. The van der Waals surface area contributed by atoms with Gasteiger partial charge in [0.2, 0.25) is 9.70 Å². The molecule has 9 heteroatoms. The summed E-state index contributed by atoms with van der Waals surface area (Å²) in [5.41, 5.74) is 0.450. The van der Waals surface area contributed by atoms with E-state index in [-0.39, 0.29) is 11.6 Å². The Balaban J connectivity index is 2.37. The van der Waals surface area contributed by atoms with Crippen molar-refractivity contribution in [3.05, 3.63) is 34.4 Å². The molecule has 0 aliphatic carbocycles. The van der Waals surface area contributed by atoms with E-state index in [2.05, 4.69) is 17.6 Å².